The number of carbonyl (C=O) groups excluding carboxylic acids is 1. The molecule has 0 heterocycles. The van der Waals surface area contributed by atoms with Crippen LogP contribution < -0.4 is 15.4 Å². The summed E-state index contributed by atoms with van der Waals surface area (Å²) in [5, 5.41) is 6.05. The summed E-state index contributed by atoms with van der Waals surface area (Å²) in [6.07, 6.45) is 6.57. The van der Waals surface area contributed by atoms with E-state index in [9.17, 15) is 4.79 Å². The number of amides is 1. The molecule has 6 nitrogen and oxygen atoms in total. The number of allylic oxidation sites excluding steroid dienone is 1. The zero-order chi connectivity index (χ0) is 19.2. The molecule has 0 bridgehead atoms. The summed E-state index contributed by atoms with van der Waals surface area (Å²) in [6, 6.07) is 7.37. The fraction of sp³-hybridized carbons (Fsp3) is 0.500. The Kier molecular flexibility index (Phi) is 10.6. The average Bonchev–Trinajstić information content (AvgIpc) is 2.61. The molecule has 0 radical (unpaired) electrons. The predicted octanol–water partition coefficient (Wildman–Crippen LogP) is 3.28. The largest absolute Gasteiger partial charge is 0.492 e. The summed E-state index contributed by atoms with van der Waals surface area (Å²) < 4.78 is 5.73. The summed E-state index contributed by atoms with van der Waals surface area (Å²) >= 11 is 0. The number of guanidine groups is 1. The van der Waals surface area contributed by atoms with Gasteiger partial charge in [0.05, 0.1) is 6.54 Å². The molecule has 1 aromatic rings. The van der Waals surface area contributed by atoms with Crippen LogP contribution in [0.3, 0.4) is 0 Å². The van der Waals surface area contributed by atoms with Crippen LogP contribution in [0, 0.1) is 0 Å². The highest BCUT2D eigenvalue weighted by molar-refractivity contribution is 5.88. The SMILES string of the molecule is C=CCCCCCN(C)C(=NC)NCCOc1cccc(NC(C)=O)c1. The fourth-order valence-corrected chi connectivity index (χ4v) is 2.50. The number of hydrogen-bond donors (Lipinski definition) is 2. The molecule has 0 atom stereocenters. The van der Waals surface area contributed by atoms with Crippen molar-refractivity contribution in [1.29, 1.82) is 0 Å². The predicted molar refractivity (Wildman–Crippen MR) is 109 cm³/mol. The lowest BCUT2D eigenvalue weighted by Gasteiger charge is -2.22. The number of nitrogens with one attached hydrogen (secondary N) is 2. The Bertz CT molecular complexity index is 587. The summed E-state index contributed by atoms with van der Waals surface area (Å²) in [5.74, 6) is 1.49. The first-order chi connectivity index (χ1) is 12.6. The molecule has 6 heteroatoms. The van der Waals surface area contributed by atoms with Gasteiger partial charge in [-0.25, -0.2) is 0 Å². The van der Waals surface area contributed by atoms with Gasteiger partial charge in [0.1, 0.15) is 12.4 Å². The summed E-state index contributed by atoms with van der Waals surface area (Å²) in [7, 11) is 3.83. The Labute approximate surface area is 157 Å². The smallest absolute Gasteiger partial charge is 0.221 e. The molecule has 0 unspecified atom stereocenters. The molecule has 0 aliphatic carbocycles. The minimum Gasteiger partial charge on any atom is -0.492 e. The third-order valence-corrected chi connectivity index (χ3v) is 3.78. The van der Waals surface area contributed by atoms with Gasteiger partial charge in [-0.15, -0.1) is 6.58 Å². The van der Waals surface area contributed by atoms with Gasteiger partial charge in [0, 0.05) is 39.3 Å². The van der Waals surface area contributed by atoms with Gasteiger partial charge in [-0.1, -0.05) is 18.6 Å². The Morgan fingerprint density at radius 2 is 2.15 bits per heavy atom. The van der Waals surface area contributed by atoms with Crippen molar-refractivity contribution in [1.82, 2.24) is 10.2 Å². The normalized spacial score (nSPS) is 11.0. The summed E-state index contributed by atoms with van der Waals surface area (Å²) in [4.78, 5) is 17.5. The molecule has 144 valence electrons. The average molecular weight is 361 g/mol. The van der Waals surface area contributed by atoms with Gasteiger partial charge in [-0.05, 0) is 31.4 Å². The second-order valence-corrected chi connectivity index (χ2v) is 6.09. The van der Waals surface area contributed by atoms with Crippen LogP contribution in [0.15, 0.2) is 41.9 Å². The van der Waals surface area contributed by atoms with Crippen LogP contribution in [0.1, 0.15) is 32.6 Å². The van der Waals surface area contributed by atoms with Crippen molar-refractivity contribution < 1.29 is 9.53 Å². The molecule has 0 aliphatic heterocycles. The maximum absolute atomic E-state index is 11.1. The van der Waals surface area contributed by atoms with E-state index in [2.05, 4.69) is 27.1 Å². The molecular weight excluding hydrogens is 328 g/mol. The van der Waals surface area contributed by atoms with Gasteiger partial charge in [0.15, 0.2) is 5.96 Å². The second kappa shape index (κ2) is 12.8. The van der Waals surface area contributed by atoms with Crippen molar-refractivity contribution in [3.05, 3.63) is 36.9 Å². The molecule has 0 fully saturated rings. The van der Waals surface area contributed by atoms with E-state index in [-0.39, 0.29) is 5.91 Å². The number of unbranched alkanes of at least 4 members (excludes halogenated alkanes) is 3. The van der Waals surface area contributed by atoms with E-state index in [0.717, 1.165) is 36.8 Å². The molecule has 0 spiro atoms. The Morgan fingerprint density at radius 3 is 2.85 bits per heavy atom. The molecule has 0 aromatic heterocycles. The first-order valence-electron chi connectivity index (χ1n) is 9.10. The van der Waals surface area contributed by atoms with Crippen molar-refractivity contribution in [3.63, 3.8) is 0 Å². The van der Waals surface area contributed by atoms with E-state index >= 15 is 0 Å². The molecule has 2 N–H and O–H groups in total. The molecule has 0 saturated carbocycles. The van der Waals surface area contributed by atoms with Crippen LogP contribution in [0.25, 0.3) is 0 Å². The number of carbonyl (C=O) groups is 1. The highest BCUT2D eigenvalue weighted by Crippen LogP contribution is 2.17. The van der Waals surface area contributed by atoms with Crippen LogP contribution in [0.2, 0.25) is 0 Å². The number of benzene rings is 1. The van der Waals surface area contributed by atoms with Crippen molar-refractivity contribution in [2.75, 3.05) is 39.1 Å². The zero-order valence-corrected chi connectivity index (χ0v) is 16.3. The minimum atomic E-state index is -0.0971. The molecule has 1 aromatic carbocycles. The van der Waals surface area contributed by atoms with Crippen molar-refractivity contribution >= 4 is 17.6 Å². The second-order valence-electron chi connectivity index (χ2n) is 6.09. The van der Waals surface area contributed by atoms with E-state index in [4.69, 9.17) is 4.74 Å². The van der Waals surface area contributed by atoms with Crippen molar-refractivity contribution in [2.24, 2.45) is 4.99 Å². The highest BCUT2D eigenvalue weighted by atomic mass is 16.5. The van der Waals surface area contributed by atoms with E-state index in [1.807, 2.05) is 37.4 Å². The zero-order valence-electron chi connectivity index (χ0n) is 16.3. The van der Waals surface area contributed by atoms with Gasteiger partial charge >= 0.3 is 0 Å². The van der Waals surface area contributed by atoms with Gasteiger partial charge in [0.2, 0.25) is 5.91 Å². The Morgan fingerprint density at radius 1 is 1.35 bits per heavy atom. The van der Waals surface area contributed by atoms with E-state index in [0.29, 0.717) is 13.2 Å². The first kappa shape index (κ1) is 21.5. The van der Waals surface area contributed by atoms with Gasteiger partial charge in [-0.2, -0.15) is 0 Å². The van der Waals surface area contributed by atoms with Gasteiger partial charge in [0.25, 0.3) is 0 Å². The lowest BCUT2D eigenvalue weighted by molar-refractivity contribution is -0.114. The fourth-order valence-electron chi connectivity index (χ4n) is 2.50. The molecule has 1 amide bonds. The minimum absolute atomic E-state index is 0.0971. The standard InChI is InChI=1S/C20H32N4O2/c1-5-6-7-8-9-14-24(4)20(21-3)22-13-15-26-19-12-10-11-18(16-19)23-17(2)25/h5,10-12,16H,1,6-9,13-15H2,2-4H3,(H,21,22)(H,23,25). The first-order valence-corrected chi connectivity index (χ1v) is 9.10. The van der Waals surface area contributed by atoms with Crippen molar-refractivity contribution in [2.45, 2.75) is 32.6 Å². The number of nitrogens with zero attached hydrogens (tertiary/aromatic N) is 2. The molecule has 0 saturated heterocycles. The lowest BCUT2D eigenvalue weighted by atomic mass is 10.2. The Balaban J connectivity index is 2.30. The topological polar surface area (TPSA) is 66.0 Å². The monoisotopic (exact) mass is 360 g/mol. The van der Waals surface area contributed by atoms with E-state index in [1.165, 1.54) is 19.8 Å². The maximum Gasteiger partial charge on any atom is 0.221 e. The number of anilines is 1. The van der Waals surface area contributed by atoms with Crippen LogP contribution in [0.4, 0.5) is 5.69 Å². The number of rotatable bonds is 11. The summed E-state index contributed by atoms with van der Waals surface area (Å²) in [6.45, 7) is 7.36. The highest BCUT2D eigenvalue weighted by Gasteiger charge is 2.05. The number of ether oxygens (including phenoxy) is 1. The quantitative estimate of drug-likeness (QED) is 0.275. The van der Waals surface area contributed by atoms with Crippen LogP contribution in [-0.2, 0) is 4.79 Å². The molecule has 26 heavy (non-hydrogen) atoms. The maximum atomic E-state index is 11.1. The van der Waals surface area contributed by atoms with Gasteiger partial charge in [-0.3, -0.25) is 9.79 Å². The third kappa shape index (κ3) is 9.11. The van der Waals surface area contributed by atoms with Gasteiger partial charge < -0.3 is 20.3 Å². The Hall–Kier alpha value is -2.50. The molecule has 1 rings (SSSR count). The summed E-state index contributed by atoms with van der Waals surface area (Å²) in [5.41, 5.74) is 0.731. The van der Waals surface area contributed by atoms with E-state index < -0.39 is 0 Å². The molecular formula is C20H32N4O2. The van der Waals surface area contributed by atoms with E-state index in [1.54, 1.807) is 7.05 Å². The van der Waals surface area contributed by atoms with Crippen LogP contribution in [-0.4, -0.2) is 50.6 Å². The number of hydrogen-bond acceptors (Lipinski definition) is 3. The number of aliphatic imine (C=N–C) groups is 1. The third-order valence-electron chi connectivity index (χ3n) is 3.78. The van der Waals surface area contributed by atoms with Crippen molar-refractivity contribution in [3.8, 4) is 5.75 Å². The lowest BCUT2D eigenvalue weighted by Crippen LogP contribution is -2.41. The molecule has 0 aliphatic rings. The van der Waals surface area contributed by atoms with Crippen LogP contribution in [0.5, 0.6) is 5.75 Å². The van der Waals surface area contributed by atoms with Crippen LogP contribution >= 0.6 is 0 Å².